The minimum absolute atomic E-state index is 0.153. The van der Waals surface area contributed by atoms with Crippen LogP contribution >= 0.6 is 27.3 Å². The van der Waals surface area contributed by atoms with Crippen molar-refractivity contribution in [2.24, 2.45) is 0 Å². The van der Waals surface area contributed by atoms with E-state index < -0.39 is 11.7 Å². The highest BCUT2D eigenvalue weighted by Gasteiger charge is 2.21. The van der Waals surface area contributed by atoms with Crippen LogP contribution in [0.5, 0.6) is 0 Å². The molecule has 2 amide bonds. The Balaban J connectivity index is 2.84. The van der Waals surface area contributed by atoms with Crippen molar-refractivity contribution >= 4 is 44.3 Å². The van der Waals surface area contributed by atoms with Gasteiger partial charge in [-0.15, -0.1) is 0 Å². The van der Waals surface area contributed by atoms with Crippen LogP contribution in [0.15, 0.2) is 3.92 Å². The monoisotopic (exact) mass is 335 g/mol. The van der Waals surface area contributed by atoms with Crippen molar-refractivity contribution in [1.82, 2.24) is 10.3 Å². The van der Waals surface area contributed by atoms with Crippen LogP contribution in [0.2, 0.25) is 0 Å². The molecule has 0 fully saturated rings. The fraction of sp³-hybridized carbons (Fsp3) is 0.500. The Morgan fingerprint density at radius 1 is 1.39 bits per heavy atom. The van der Waals surface area contributed by atoms with E-state index in [0.717, 1.165) is 11.3 Å². The lowest BCUT2D eigenvalue weighted by Gasteiger charge is -2.19. The number of aromatic nitrogens is 1. The van der Waals surface area contributed by atoms with Gasteiger partial charge in [0.05, 0.1) is 0 Å². The maximum absolute atomic E-state index is 11.6. The lowest BCUT2D eigenvalue weighted by atomic mass is 10.2. The quantitative estimate of drug-likeness (QED) is 0.870. The van der Waals surface area contributed by atoms with Crippen molar-refractivity contribution in [3.05, 3.63) is 9.61 Å². The smallest absolute Gasteiger partial charge is 0.412 e. The zero-order valence-electron chi connectivity index (χ0n) is 10.5. The number of hydrogen-bond acceptors (Lipinski definition) is 5. The molecule has 0 unspecified atom stereocenters. The first-order valence-corrected chi connectivity index (χ1v) is 6.72. The Morgan fingerprint density at radius 3 is 2.50 bits per heavy atom. The molecule has 2 N–H and O–H groups in total. The number of carbonyl (C=O) groups excluding carboxylic acids is 2. The van der Waals surface area contributed by atoms with E-state index in [4.69, 9.17) is 4.74 Å². The van der Waals surface area contributed by atoms with Crippen molar-refractivity contribution < 1.29 is 14.3 Å². The van der Waals surface area contributed by atoms with Crippen LogP contribution < -0.4 is 10.6 Å². The third kappa shape index (κ3) is 4.26. The molecular formula is C10H14BrN3O3S. The summed E-state index contributed by atoms with van der Waals surface area (Å²) in [5.74, 6) is -0.372. The average Bonchev–Trinajstić information content (AvgIpc) is 2.55. The summed E-state index contributed by atoms with van der Waals surface area (Å²) in [6, 6.07) is 0. The lowest BCUT2D eigenvalue weighted by molar-refractivity contribution is 0.0636. The van der Waals surface area contributed by atoms with Crippen LogP contribution in [0.4, 0.5) is 9.80 Å². The maximum Gasteiger partial charge on any atom is 0.412 e. The number of hydrogen-bond donors (Lipinski definition) is 2. The highest BCUT2D eigenvalue weighted by Crippen LogP contribution is 2.28. The highest BCUT2D eigenvalue weighted by molar-refractivity contribution is 9.11. The molecule has 1 heterocycles. The van der Waals surface area contributed by atoms with E-state index in [1.165, 1.54) is 7.05 Å². The van der Waals surface area contributed by atoms with Crippen LogP contribution in [0.25, 0.3) is 0 Å². The van der Waals surface area contributed by atoms with E-state index in [2.05, 4.69) is 31.5 Å². The normalized spacial score (nSPS) is 10.9. The minimum atomic E-state index is -0.621. The number of nitrogens with zero attached hydrogens (tertiary/aromatic N) is 1. The van der Waals surface area contributed by atoms with Crippen LogP contribution in [-0.2, 0) is 4.74 Å². The third-order valence-corrected chi connectivity index (χ3v) is 3.08. The zero-order chi connectivity index (χ0) is 13.9. The number of ether oxygens (including phenoxy) is 1. The molecule has 0 saturated carbocycles. The van der Waals surface area contributed by atoms with E-state index in [9.17, 15) is 9.59 Å². The number of carbonyl (C=O) groups is 2. The molecule has 1 rings (SSSR count). The summed E-state index contributed by atoms with van der Waals surface area (Å²) in [5.41, 5.74) is -0.445. The second kappa shape index (κ2) is 5.66. The topological polar surface area (TPSA) is 80.3 Å². The van der Waals surface area contributed by atoms with Gasteiger partial charge in [-0.1, -0.05) is 11.3 Å². The van der Waals surface area contributed by atoms with Crippen LogP contribution in [-0.4, -0.2) is 29.6 Å². The van der Waals surface area contributed by atoms with Gasteiger partial charge >= 0.3 is 6.09 Å². The number of rotatable bonds is 2. The van der Waals surface area contributed by atoms with Gasteiger partial charge in [0.2, 0.25) is 0 Å². The summed E-state index contributed by atoms with van der Waals surface area (Å²) >= 11 is 4.31. The van der Waals surface area contributed by atoms with Crippen molar-refractivity contribution in [2.45, 2.75) is 26.4 Å². The van der Waals surface area contributed by atoms with Gasteiger partial charge in [-0.3, -0.25) is 10.1 Å². The van der Waals surface area contributed by atoms with E-state index in [0.29, 0.717) is 8.92 Å². The first kappa shape index (κ1) is 14.9. The number of halogens is 1. The van der Waals surface area contributed by atoms with Gasteiger partial charge in [0.1, 0.15) is 10.6 Å². The van der Waals surface area contributed by atoms with E-state index in [1.54, 1.807) is 20.8 Å². The summed E-state index contributed by atoms with van der Waals surface area (Å²) in [7, 11) is 1.49. The second-order valence-electron chi connectivity index (χ2n) is 4.35. The Bertz CT molecular complexity index is 467. The van der Waals surface area contributed by atoms with Gasteiger partial charge in [0.25, 0.3) is 5.91 Å². The Morgan fingerprint density at radius 2 is 2.00 bits per heavy atom. The number of nitrogens with one attached hydrogen (secondary N) is 2. The van der Waals surface area contributed by atoms with Gasteiger partial charge in [0, 0.05) is 7.05 Å². The van der Waals surface area contributed by atoms with Crippen LogP contribution in [0, 0.1) is 0 Å². The first-order chi connectivity index (χ1) is 8.23. The molecule has 18 heavy (non-hydrogen) atoms. The molecule has 0 spiro atoms. The van der Waals surface area contributed by atoms with E-state index in [1.807, 2.05) is 0 Å². The molecule has 0 atom stereocenters. The molecule has 0 aliphatic heterocycles. The fourth-order valence-electron chi connectivity index (χ4n) is 1.05. The van der Waals surface area contributed by atoms with Gasteiger partial charge in [-0.2, -0.15) is 0 Å². The third-order valence-electron chi connectivity index (χ3n) is 1.66. The molecular weight excluding hydrogens is 322 g/mol. The van der Waals surface area contributed by atoms with E-state index in [-0.39, 0.29) is 11.6 Å². The minimum Gasteiger partial charge on any atom is -0.444 e. The van der Waals surface area contributed by atoms with E-state index >= 15 is 0 Å². The highest BCUT2D eigenvalue weighted by atomic mass is 79.9. The van der Waals surface area contributed by atoms with Crippen molar-refractivity contribution in [3.63, 3.8) is 0 Å². The van der Waals surface area contributed by atoms with Gasteiger partial charge in [-0.05, 0) is 36.7 Å². The van der Waals surface area contributed by atoms with Crippen molar-refractivity contribution in [2.75, 3.05) is 12.4 Å². The predicted molar refractivity (Wildman–Crippen MR) is 73.1 cm³/mol. The van der Waals surface area contributed by atoms with Gasteiger partial charge in [0.15, 0.2) is 9.61 Å². The summed E-state index contributed by atoms with van der Waals surface area (Å²) in [6.45, 7) is 5.28. The van der Waals surface area contributed by atoms with Crippen molar-refractivity contribution in [3.8, 4) is 0 Å². The molecule has 100 valence electrons. The average molecular weight is 336 g/mol. The molecule has 0 aliphatic rings. The molecule has 0 aliphatic carbocycles. The Labute approximate surface area is 117 Å². The van der Waals surface area contributed by atoms with Crippen LogP contribution in [0.3, 0.4) is 0 Å². The summed E-state index contributed by atoms with van der Waals surface area (Å²) in [4.78, 5) is 27.1. The molecule has 0 aromatic carbocycles. The Kier molecular flexibility index (Phi) is 4.69. The zero-order valence-corrected chi connectivity index (χ0v) is 12.9. The molecule has 0 radical (unpaired) electrons. The van der Waals surface area contributed by atoms with Gasteiger partial charge in [-0.25, -0.2) is 9.78 Å². The maximum atomic E-state index is 11.6. The molecule has 6 nitrogen and oxygen atoms in total. The predicted octanol–water partition coefficient (Wildman–Crippen LogP) is 2.61. The summed E-state index contributed by atoms with van der Waals surface area (Å²) in [5, 5.41) is 5.30. The number of thiazole rings is 1. The SMILES string of the molecule is CNC(=O)c1nc(Br)sc1NC(=O)OC(C)(C)C. The standard InChI is InChI=1S/C10H14BrN3O3S/c1-10(2,3)17-9(16)14-7-5(6(15)12-4)13-8(11)18-7/h1-4H3,(H,12,15)(H,14,16). The Hall–Kier alpha value is -1.15. The first-order valence-electron chi connectivity index (χ1n) is 5.11. The molecule has 1 aromatic rings. The summed E-state index contributed by atoms with van der Waals surface area (Å²) in [6.07, 6.45) is -0.621. The second-order valence-corrected chi connectivity index (χ2v) is 6.63. The fourth-order valence-corrected chi connectivity index (χ4v) is 2.39. The molecule has 0 saturated heterocycles. The lowest BCUT2D eigenvalue weighted by Crippen LogP contribution is -2.28. The largest absolute Gasteiger partial charge is 0.444 e. The van der Waals surface area contributed by atoms with Gasteiger partial charge < -0.3 is 10.1 Å². The number of anilines is 1. The molecule has 8 heteroatoms. The molecule has 0 bridgehead atoms. The number of amides is 2. The summed E-state index contributed by atoms with van der Waals surface area (Å²) < 4.78 is 5.61. The molecule has 1 aromatic heterocycles. The van der Waals surface area contributed by atoms with Crippen molar-refractivity contribution in [1.29, 1.82) is 0 Å². The van der Waals surface area contributed by atoms with Crippen LogP contribution in [0.1, 0.15) is 31.3 Å².